The molecule has 6 heteroatoms. The molecule has 0 radical (unpaired) electrons. The Kier molecular flexibility index (Phi) is 4.53. The maximum absolute atomic E-state index is 12.4. The third kappa shape index (κ3) is 3.64. The third-order valence-electron chi connectivity index (χ3n) is 4.16. The van der Waals surface area contributed by atoms with Crippen molar-refractivity contribution in [1.82, 2.24) is 15.5 Å². The number of rotatable bonds is 5. The smallest absolute Gasteiger partial charge is 0.251 e. The summed E-state index contributed by atoms with van der Waals surface area (Å²) in [5.41, 5.74) is 2.15. The first-order chi connectivity index (χ1) is 13.2. The van der Waals surface area contributed by atoms with Crippen molar-refractivity contribution >= 4 is 5.91 Å². The molecule has 27 heavy (non-hydrogen) atoms. The summed E-state index contributed by atoms with van der Waals surface area (Å²) in [5, 5.41) is 11.1. The summed E-state index contributed by atoms with van der Waals surface area (Å²) >= 11 is 0. The lowest BCUT2D eigenvalue weighted by Gasteiger charge is -2.11. The van der Waals surface area contributed by atoms with Gasteiger partial charge in [0.05, 0.1) is 12.3 Å². The molecule has 0 spiro atoms. The van der Waals surface area contributed by atoms with Crippen LogP contribution in [0.15, 0.2) is 81.8 Å². The highest BCUT2D eigenvalue weighted by molar-refractivity contribution is 5.94. The van der Waals surface area contributed by atoms with Gasteiger partial charge in [0, 0.05) is 16.7 Å². The van der Waals surface area contributed by atoms with Gasteiger partial charge < -0.3 is 14.2 Å². The first-order valence-electron chi connectivity index (χ1n) is 8.54. The van der Waals surface area contributed by atoms with Gasteiger partial charge in [-0.3, -0.25) is 4.79 Å². The summed E-state index contributed by atoms with van der Waals surface area (Å²) in [5.74, 6) is 1.39. The fourth-order valence-corrected chi connectivity index (χ4v) is 2.69. The van der Waals surface area contributed by atoms with E-state index >= 15 is 0 Å². The van der Waals surface area contributed by atoms with Crippen LogP contribution in [-0.2, 0) is 0 Å². The van der Waals surface area contributed by atoms with Crippen LogP contribution in [0.3, 0.4) is 0 Å². The lowest BCUT2D eigenvalue weighted by molar-refractivity contribution is 0.0935. The van der Waals surface area contributed by atoms with Crippen molar-refractivity contribution in [3.8, 4) is 22.9 Å². The summed E-state index contributed by atoms with van der Waals surface area (Å²) in [6.07, 6.45) is 1.58. The van der Waals surface area contributed by atoms with E-state index in [-0.39, 0.29) is 11.9 Å². The van der Waals surface area contributed by atoms with Crippen molar-refractivity contribution in [3.05, 3.63) is 84.3 Å². The van der Waals surface area contributed by atoms with Crippen LogP contribution in [0.5, 0.6) is 0 Å². The molecule has 2 heterocycles. The van der Waals surface area contributed by atoms with Gasteiger partial charge in [-0.15, -0.1) is 10.2 Å². The minimum absolute atomic E-state index is 0.180. The maximum Gasteiger partial charge on any atom is 0.251 e. The molecule has 0 aliphatic carbocycles. The average Bonchev–Trinajstić information content (AvgIpc) is 3.41. The molecule has 0 unspecified atom stereocenters. The molecule has 0 bridgehead atoms. The molecule has 0 fully saturated rings. The van der Waals surface area contributed by atoms with Gasteiger partial charge in [0.15, 0.2) is 0 Å². The normalized spacial score (nSPS) is 11.9. The number of carbonyl (C=O) groups is 1. The number of nitrogens with zero attached hydrogens (tertiary/aromatic N) is 2. The number of carbonyl (C=O) groups excluding carboxylic acids is 1. The molecule has 0 saturated carbocycles. The molecule has 2 aromatic heterocycles. The Morgan fingerprint density at radius 2 is 1.56 bits per heavy atom. The largest absolute Gasteiger partial charge is 0.467 e. The van der Waals surface area contributed by atoms with Crippen molar-refractivity contribution in [2.24, 2.45) is 0 Å². The van der Waals surface area contributed by atoms with E-state index in [9.17, 15) is 4.79 Å². The minimum atomic E-state index is -0.212. The zero-order chi connectivity index (χ0) is 18.6. The van der Waals surface area contributed by atoms with Gasteiger partial charge >= 0.3 is 0 Å². The predicted octanol–water partition coefficient (Wildman–Crippen LogP) is 4.49. The zero-order valence-corrected chi connectivity index (χ0v) is 14.6. The van der Waals surface area contributed by atoms with Crippen LogP contribution in [-0.4, -0.2) is 16.1 Å². The summed E-state index contributed by atoms with van der Waals surface area (Å²) in [6, 6.07) is 20.0. The van der Waals surface area contributed by atoms with Gasteiger partial charge in [0.25, 0.3) is 5.91 Å². The van der Waals surface area contributed by atoms with Crippen LogP contribution in [0.1, 0.15) is 29.1 Å². The van der Waals surface area contributed by atoms with Crippen LogP contribution < -0.4 is 5.32 Å². The lowest BCUT2D eigenvalue weighted by atomic mass is 10.1. The molecule has 0 aliphatic rings. The van der Waals surface area contributed by atoms with Gasteiger partial charge in [-0.1, -0.05) is 18.2 Å². The highest BCUT2D eigenvalue weighted by Gasteiger charge is 2.15. The fourth-order valence-electron chi connectivity index (χ4n) is 2.69. The number of amides is 1. The van der Waals surface area contributed by atoms with Crippen molar-refractivity contribution in [2.45, 2.75) is 13.0 Å². The number of hydrogen-bond acceptors (Lipinski definition) is 5. The molecule has 2 aromatic carbocycles. The number of hydrogen-bond donors (Lipinski definition) is 1. The van der Waals surface area contributed by atoms with Crippen molar-refractivity contribution in [1.29, 1.82) is 0 Å². The summed E-state index contributed by atoms with van der Waals surface area (Å²) in [7, 11) is 0. The minimum Gasteiger partial charge on any atom is -0.467 e. The first kappa shape index (κ1) is 16.8. The van der Waals surface area contributed by atoms with E-state index in [1.165, 1.54) is 0 Å². The zero-order valence-electron chi connectivity index (χ0n) is 14.6. The molecule has 0 saturated heterocycles. The molecule has 1 N–H and O–H groups in total. The van der Waals surface area contributed by atoms with Crippen LogP contribution in [0.2, 0.25) is 0 Å². The molecular formula is C21H17N3O3. The van der Waals surface area contributed by atoms with Crippen LogP contribution >= 0.6 is 0 Å². The first-order valence-corrected chi connectivity index (χ1v) is 8.54. The van der Waals surface area contributed by atoms with Gasteiger partial charge in [0.1, 0.15) is 5.76 Å². The van der Waals surface area contributed by atoms with Crippen molar-refractivity contribution in [3.63, 3.8) is 0 Å². The van der Waals surface area contributed by atoms with E-state index < -0.39 is 0 Å². The fraction of sp³-hybridized carbons (Fsp3) is 0.0952. The second-order valence-electron chi connectivity index (χ2n) is 6.07. The van der Waals surface area contributed by atoms with Gasteiger partial charge in [0.2, 0.25) is 11.8 Å². The van der Waals surface area contributed by atoms with E-state index in [0.29, 0.717) is 23.1 Å². The molecule has 0 aliphatic heterocycles. The summed E-state index contributed by atoms with van der Waals surface area (Å²) < 4.78 is 11.0. The SMILES string of the molecule is C[C@@H](NC(=O)c1ccc(-c2nnc(-c3ccccc3)o2)cc1)c1ccco1. The Bertz CT molecular complexity index is 1020. The predicted molar refractivity (Wildman–Crippen MR) is 99.8 cm³/mol. The van der Waals surface area contributed by atoms with E-state index in [2.05, 4.69) is 15.5 Å². The maximum atomic E-state index is 12.4. The van der Waals surface area contributed by atoms with Gasteiger partial charge in [-0.2, -0.15) is 0 Å². The molecule has 134 valence electrons. The second-order valence-corrected chi connectivity index (χ2v) is 6.07. The summed E-state index contributed by atoms with van der Waals surface area (Å²) in [6.45, 7) is 1.87. The topological polar surface area (TPSA) is 81.2 Å². The third-order valence-corrected chi connectivity index (χ3v) is 4.16. The number of furan rings is 1. The molecular weight excluding hydrogens is 342 g/mol. The molecule has 4 aromatic rings. The molecule has 4 rings (SSSR count). The van der Waals surface area contributed by atoms with Crippen molar-refractivity contribution < 1.29 is 13.6 Å². The van der Waals surface area contributed by atoms with Gasteiger partial charge in [-0.25, -0.2) is 0 Å². The number of nitrogens with one attached hydrogen (secondary N) is 1. The van der Waals surface area contributed by atoms with E-state index in [0.717, 1.165) is 11.1 Å². The Morgan fingerprint density at radius 1 is 0.889 bits per heavy atom. The Balaban J connectivity index is 1.48. The molecule has 6 nitrogen and oxygen atoms in total. The van der Waals surface area contributed by atoms with E-state index in [1.807, 2.05) is 43.3 Å². The average molecular weight is 359 g/mol. The quantitative estimate of drug-likeness (QED) is 0.568. The highest BCUT2D eigenvalue weighted by Crippen LogP contribution is 2.24. The standard InChI is InChI=1S/C21H17N3O3/c1-14(18-8-5-13-26-18)22-19(25)15-9-11-17(12-10-15)21-24-23-20(27-21)16-6-3-2-4-7-16/h2-14H,1H3,(H,22,25)/t14-/m1/s1. The number of benzene rings is 2. The molecule has 1 atom stereocenters. The van der Waals surface area contributed by atoms with Gasteiger partial charge in [-0.05, 0) is 55.5 Å². The van der Waals surface area contributed by atoms with Crippen LogP contribution in [0, 0.1) is 0 Å². The second kappa shape index (κ2) is 7.29. The van der Waals surface area contributed by atoms with E-state index in [4.69, 9.17) is 8.83 Å². The Morgan fingerprint density at radius 3 is 2.19 bits per heavy atom. The van der Waals surface area contributed by atoms with Crippen LogP contribution in [0.4, 0.5) is 0 Å². The monoisotopic (exact) mass is 359 g/mol. The number of aromatic nitrogens is 2. The molecule has 1 amide bonds. The van der Waals surface area contributed by atoms with E-state index in [1.54, 1.807) is 36.6 Å². The highest BCUT2D eigenvalue weighted by atomic mass is 16.4. The Hall–Kier alpha value is -3.67. The Labute approximate surface area is 155 Å². The van der Waals surface area contributed by atoms with Crippen molar-refractivity contribution in [2.75, 3.05) is 0 Å². The van der Waals surface area contributed by atoms with Crippen LogP contribution in [0.25, 0.3) is 22.9 Å². The summed E-state index contributed by atoms with van der Waals surface area (Å²) in [4.78, 5) is 12.4. The lowest BCUT2D eigenvalue weighted by Crippen LogP contribution is -2.26.